The van der Waals surface area contributed by atoms with E-state index in [2.05, 4.69) is 15.0 Å². The lowest BCUT2D eigenvalue weighted by Crippen LogP contribution is -2.74. The fraction of sp³-hybridized carbons (Fsp3) is 0.263. The van der Waals surface area contributed by atoms with Crippen LogP contribution < -0.4 is 15.2 Å². The molecule has 0 saturated carbocycles. The van der Waals surface area contributed by atoms with Crippen LogP contribution in [-0.4, -0.2) is 63.9 Å². The molecule has 0 aromatic carbocycles. The van der Waals surface area contributed by atoms with Crippen molar-refractivity contribution >= 4 is 58.0 Å². The maximum Gasteiger partial charge on any atom is 0.353 e. The van der Waals surface area contributed by atoms with E-state index in [1.54, 1.807) is 5.38 Å². The molecular formula is C19H19N6O5S2+. The number of hydrogen-bond acceptors (Lipinski definition) is 9. The van der Waals surface area contributed by atoms with Crippen LogP contribution in [0.25, 0.3) is 0 Å². The Labute approximate surface area is 190 Å². The number of thiazole rings is 1. The molecule has 1 fully saturated rings. The summed E-state index contributed by atoms with van der Waals surface area (Å²) in [6.07, 6.45) is 4.58. The van der Waals surface area contributed by atoms with E-state index >= 15 is 0 Å². The highest BCUT2D eigenvalue weighted by Crippen LogP contribution is 2.42. The van der Waals surface area contributed by atoms with Gasteiger partial charge in [-0.2, -0.15) is 0 Å². The minimum Gasteiger partial charge on any atom is -0.477 e. The molecule has 166 valence electrons. The van der Waals surface area contributed by atoms with Gasteiger partial charge in [-0.3, -0.25) is 19.4 Å². The number of carbonyl (C=O) groups excluding carboxylic acids is 2. The molecule has 2 aliphatic heterocycles. The summed E-state index contributed by atoms with van der Waals surface area (Å²) in [7, 11) is 1.29. The van der Waals surface area contributed by atoms with Crippen LogP contribution in [0.5, 0.6) is 0 Å². The molecule has 2 aliphatic rings. The maximum absolute atomic E-state index is 13.2. The van der Waals surface area contributed by atoms with Crippen LogP contribution in [0.4, 0.5) is 10.9 Å². The molecule has 2 atom stereocenters. The van der Waals surface area contributed by atoms with Crippen molar-refractivity contribution in [3.05, 3.63) is 46.6 Å². The Hall–Kier alpha value is -3.45. The van der Waals surface area contributed by atoms with Gasteiger partial charge in [0, 0.05) is 23.3 Å². The molecule has 4 rings (SSSR count). The van der Waals surface area contributed by atoms with Gasteiger partial charge < -0.3 is 15.7 Å². The second kappa shape index (κ2) is 8.96. The molecule has 2 amide bonds. The van der Waals surface area contributed by atoms with Crippen LogP contribution in [0.15, 0.2) is 51.7 Å². The topological polar surface area (TPSA) is 142 Å². The second-order valence-electron chi connectivity index (χ2n) is 6.83. The third-order valence-electron chi connectivity index (χ3n) is 4.97. The fourth-order valence-corrected chi connectivity index (χ4v) is 5.44. The van der Waals surface area contributed by atoms with E-state index in [1.165, 1.54) is 28.7 Å². The number of β-lactam (4-membered cyclic amide) rings is 1. The number of nitrogens with zero attached hydrogens (tertiary/aromatic N) is 5. The van der Waals surface area contributed by atoms with Crippen molar-refractivity contribution in [1.82, 2.24) is 9.88 Å². The van der Waals surface area contributed by atoms with Gasteiger partial charge in [-0.1, -0.05) is 11.2 Å². The summed E-state index contributed by atoms with van der Waals surface area (Å²) in [5, 5.41) is 15.2. The number of nitrogens with two attached hydrogens (primary N) is 1. The molecule has 11 nitrogen and oxygen atoms in total. The number of amides is 2. The standard InChI is InChI=1S/C19H18N6O5S2/c1-30-21-7-14(26)25(13-10-32-19(20)22-13)15-11-9-31-12(8-23-5-3-2-4-6-23)16(18(28)29)24(11)17(15)27/h2-7,10-11,15H,8-9H2,1H3,(H2-,20,22,28,29)/p+1. The minimum atomic E-state index is -1.20. The van der Waals surface area contributed by atoms with Gasteiger partial charge in [0.2, 0.25) is 0 Å². The number of carbonyl (C=O) groups is 3. The smallest absolute Gasteiger partial charge is 0.353 e. The maximum atomic E-state index is 13.2. The van der Waals surface area contributed by atoms with Crippen molar-refractivity contribution in [1.29, 1.82) is 0 Å². The number of carboxylic acids is 1. The number of rotatable bonds is 7. The van der Waals surface area contributed by atoms with Gasteiger partial charge in [0.1, 0.15) is 30.9 Å². The van der Waals surface area contributed by atoms with Crippen LogP contribution in [0.3, 0.4) is 0 Å². The number of anilines is 2. The molecule has 0 bridgehead atoms. The van der Waals surface area contributed by atoms with Crippen molar-refractivity contribution < 1.29 is 28.9 Å². The summed E-state index contributed by atoms with van der Waals surface area (Å²) in [5.74, 6) is -1.70. The normalized spacial score (nSPS) is 20.2. The third kappa shape index (κ3) is 3.91. The molecule has 4 heterocycles. The summed E-state index contributed by atoms with van der Waals surface area (Å²) >= 11 is 2.48. The fourth-order valence-electron chi connectivity index (χ4n) is 3.63. The number of aliphatic carboxylic acids is 1. The molecule has 0 aliphatic carbocycles. The van der Waals surface area contributed by atoms with Gasteiger partial charge in [0.05, 0.1) is 10.9 Å². The number of allylic oxidation sites excluding steroid dienone is 1. The average molecular weight is 476 g/mol. The number of pyridine rings is 1. The van der Waals surface area contributed by atoms with Gasteiger partial charge in [0.15, 0.2) is 24.1 Å². The quantitative estimate of drug-likeness (QED) is 0.252. The first-order valence-electron chi connectivity index (χ1n) is 9.39. The molecule has 0 spiro atoms. The number of aromatic nitrogens is 2. The lowest BCUT2D eigenvalue weighted by atomic mass is 9.93. The third-order valence-corrected chi connectivity index (χ3v) is 6.81. The Morgan fingerprint density at radius 3 is 2.81 bits per heavy atom. The second-order valence-corrected chi connectivity index (χ2v) is 8.83. The average Bonchev–Trinajstić information content (AvgIpc) is 3.21. The summed E-state index contributed by atoms with van der Waals surface area (Å²) < 4.78 is 1.84. The highest BCUT2D eigenvalue weighted by atomic mass is 32.2. The Morgan fingerprint density at radius 2 is 2.19 bits per heavy atom. The van der Waals surface area contributed by atoms with Crippen LogP contribution in [-0.2, 0) is 25.8 Å². The van der Waals surface area contributed by atoms with Crippen molar-refractivity contribution in [2.45, 2.75) is 18.6 Å². The van der Waals surface area contributed by atoms with E-state index < -0.39 is 29.9 Å². The predicted molar refractivity (Wildman–Crippen MR) is 118 cm³/mol. The van der Waals surface area contributed by atoms with Crippen LogP contribution in [0, 0.1) is 0 Å². The first-order chi connectivity index (χ1) is 15.4. The molecular weight excluding hydrogens is 456 g/mol. The summed E-state index contributed by atoms with van der Waals surface area (Å²) in [6, 6.07) is 4.07. The minimum absolute atomic E-state index is 0.0698. The highest BCUT2D eigenvalue weighted by Gasteiger charge is 2.57. The lowest BCUT2D eigenvalue weighted by Gasteiger charge is -2.52. The van der Waals surface area contributed by atoms with E-state index in [-0.39, 0.29) is 16.6 Å². The largest absolute Gasteiger partial charge is 0.477 e. The van der Waals surface area contributed by atoms with Crippen molar-refractivity contribution in [3.8, 4) is 0 Å². The Morgan fingerprint density at radius 1 is 1.44 bits per heavy atom. The van der Waals surface area contributed by atoms with Gasteiger partial charge in [-0.25, -0.2) is 14.3 Å². The summed E-state index contributed by atoms with van der Waals surface area (Å²) in [5.41, 5.74) is 5.65. The SMILES string of the molecule is CON=CC(=O)N(c1csc(N)n1)C1C(=O)N2C(C(=O)O)=C(C[n+]3ccccc3)SCC12. The molecule has 0 radical (unpaired) electrons. The predicted octanol–water partition coefficient (Wildman–Crippen LogP) is 0.301. The van der Waals surface area contributed by atoms with Crippen LogP contribution >= 0.6 is 23.1 Å². The van der Waals surface area contributed by atoms with Gasteiger partial charge in [-0.15, -0.1) is 23.1 Å². The number of carboxylic acid groups (broad SMARTS) is 1. The Balaban J connectivity index is 1.67. The van der Waals surface area contributed by atoms with E-state index in [9.17, 15) is 19.5 Å². The van der Waals surface area contributed by atoms with Gasteiger partial charge >= 0.3 is 5.97 Å². The van der Waals surface area contributed by atoms with Crippen molar-refractivity contribution in [2.75, 3.05) is 23.5 Å². The molecule has 3 N–H and O–H groups in total. The van der Waals surface area contributed by atoms with Crippen molar-refractivity contribution in [2.24, 2.45) is 5.16 Å². The lowest BCUT2D eigenvalue weighted by molar-refractivity contribution is -0.687. The summed E-state index contributed by atoms with van der Waals surface area (Å²) in [4.78, 5) is 49.8. The molecule has 2 aromatic rings. The zero-order valence-electron chi connectivity index (χ0n) is 16.8. The first-order valence-corrected chi connectivity index (χ1v) is 11.3. The van der Waals surface area contributed by atoms with Crippen LogP contribution in [0.1, 0.15) is 0 Å². The molecule has 32 heavy (non-hydrogen) atoms. The zero-order chi connectivity index (χ0) is 22.8. The van der Waals surface area contributed by atoms with Crippen molar-refractivity contribution in [3.63, 3.8) is 0 Å². The molecule has 13 heteroatoms. The number of thioether (sulfide) groups is 1. The monoisotopic (exact) mass is 475 g/mol. The summed E-state index contributed by atoms with van der Waals surface area (Å²) in [6.45, 7) is 0.320. The number of nitrogen functional groups attached to an aromatic ring is 1. The van der Waals surface area contributed by atoms with E-state index in [0.29, 0.717) is 17.2 Å². The Bertz CT molecular complexity index is 1120. The number of hydrogen-bond donors (Lipinski definition) is 2. The van der Waals surface area contributed by atoms with E-state index in [1.807, 2.05) is 35.2 Å². The van der Waals surface area contributed by atoms with Gasteiger partial charge in [-0.05, 0) is 0 Å². The first kappa shape index (κ1) is 21.8. The highest BCUT2D eigenvalue weighted by molar-refractivity contribution is 8.03. The molecule has 2 aromatic heterocycles. The van der Waals surface area contributed by atoms with Gasteiger partial charge in [0.25, 0.3) is 11.8 Å². The van der Waals surface area contributed by atoms with E-state index in [0.717, 1.165) is 17.6 Å². The molecule has 2 unspecified atom stereocenters. The van der Waals surface area contributed by atoms with Crippen LogP contribution in [0.2, 0.25) is 0 Å². The number of oxime groups is 1. The van der Waals surface area contributed by atoms with E-state index in [4.69, 9.17) is 5.73 Å². The Kier molecular flexibility index (Phi) is 6.10. The number of fused-ring (bicyclic) bond motifs is 1. The zero-order valence-corrected chi connectivity index (χ0v) is 18.5. The molecule has 1 saturated heterocycles.